The van der Waals surface area contributed by atoms with Gasteiger partial charge in [-0.05, 0) is 60.0 Å². The predicted octanol–water partition coefficient (Wildman–Crippen LogP) is 2.25. The van der Waals surface area contributed by atoms with Crippen molar-refractivity contribution in [2.24, 2.45) is 0 Å². The van der Waals surface area contributed by atoms with Crippen LogP contribution in [0, 0.1) is 6.92 Å². The van der Waals surface area contributed by atoms with Gasteiger partial charge in [-0.15, -0.1) is 0 Å². The molecular weight excluding hydrogens is 314 g/mol. The minimum atomic E-state index is 0.0761. The van der Waals surface area contributed by atoms with Gasteiger partial charge in [0.15, 0.2) is 6.61 Å². The molecule has 1 heterocycles. The van der Waals surface area contributed by atoms with Crippen molar-refractivity contribution in [3.05, 3.63) is 29.8 Å². The highest BCUT2D eigenvalue weighted by Crippen LogP contribution is 2.17. The molecule has 140 valence electrons. The molecule has 0 aliphatic carbocycles. The zero-order valence-electron chi connectivity index (χ0n) is 16.4. The number of carbonyl (C=O) groups is 1. The summed E-state index contributed by atoms with van der Waals surface area (Å²) in [6, 6.07) is 8.59. The number of ether oxygens (including phenoxy) is 1. The van der Waals surface area contributed by atoms with Crippen LogP contribution < -0.4 is 4.74 Å². The third-order valence-corrected chi connectivity index (χ3v) is 4.86. The van der Waals surface area contributed by atoms with Gasteiger partial charge in [0.1, 0.15) is 5.75 Å². The molecule has 0 saturated carbocycles. The van der Waals surface area contributed by atoms with Crippen LogP contribution in [0.1, 0.15) is 25.8 Å². The molecule has 0 spiro atoms. The highest BCUT2D eigenvalue weighted by molar-refractivity contribution is 5.78. The molecule has 5 nitrogen and oxygen atoms in total. The van der Waals surface area contributed by atoms with E-state index in [2.05, 4.69) is 37.7 Å². The Balaban J connectivity index is 1.81. The summed E-state index contributed by atoms with van der Waals surface area (Å²) in [5, 5.41) is 0. The van der Waals surface area contributed by atoms with E-state index < -0.39 is 0 Å². The summed E-state index contributed by atoms with van der Waals surface area (Å²) >= 11 is 0. The van der Waals surface area contributed by atoms with Crippen LogP contribution >= 0.6 is 0 Å². The maximum atomic E-state index is 12.5. The van der Waals surface area contributed by atoms with Gasteiger partial charge in [-0.3, -0.25) is 9.69 Å². The van der Waals surface area contributed by atoms with E-state index in [-0.39, 0.29) is 12.5 Å². The van der Waals surface area contributed by atoms with Crippen LogP contribution in [0.15, 0.2) is 24.3 Å². The molecule has 1 fully saturated rings. The lowest BCUT2D eigenvalue weighted by Crippen LogP contribution is -2.58. The van der Waals surface area contributed by atoms with Crippen LogP contribution in [0.4, 0.5) is 0 Å². The Morgan fingerprint density at radius 2 is 1.76 bits per heavy atom. The van der Waals surface area contributed by atoms with Gasteiger partial charge in [-0.1, -0.05) is 17.7 Å². The zero-order chi connectivity index (χ0) is 18.4. The second kappa shape index (κ2) is 9.20. The van der Waals surface area contributed by atoms with Crippen molar-refractivity contribution in [2.45, 2.75) is 39.3 Å². The standard InChI is InChI=1S/C20H33N3O2/c1-16-7-9-19(10-8-16)25-15-20(24)22-13-17(2)23(18(3)14-22)12-6-11-21(4)5/h7-10,17-18H,6,11-15H2,1-5H3. The van der Waals surface area contributed by atoms with Gasteiger partial charge >= 0.3 is 0 Å². The Hall–Kier alpha value is -1.59. The van der Waals surface area contributed by atoms with Crippen LogP contribution in [0.25, 0.3) is 0 Å². The minimum Gasteiger partial charge on any atom is -0.484 e. The average Bonchev–Trinajstić information content (AvgIpc) is 2.56. The molecule has 2 rings (SSSR count). The lowest BCUT2D eigenvalue weighted by molar-refractivity contribution is -0.137. The summed E-state index contributed by atoms with van der Waals surface area (Å²) in [6.07, 6.45) is 1.16. The molecular formula is C20H33N3O2. The number of amides is 1. The Morgan fingerprint density at radius 1 is 1.16 bits per heavy atom. The molecule has 25 heavy (non-hydrogen) atoms. The number of hydrogen-bond acceptors (Lipinski definition) is 4. The Morgan fingerprint density at radius 3 is 2.32 bits per heavy atom. The van der Waals surface area contributed by atoms with Gasteiger partial charge in [0.05, 0.1) is 0 Å². The number of piperazine rings is 1. The molecule has 2 atom stereocenters. The van der Waals surface area contributed by atoms with E-state index in [1.54, 1.807) is 0 Å². The van der Waals surface area contributed by atoms with Crippen LogP contribution in [-0.2, 0) is 4.79 Å². The number of aryl methyl sites for hydroxylation is 1. The number of nitrogens with zero attached hydrogens (tertiary/aromatic N) is 3. The van der Waals surface area contributed by atoms with Crippen molar-refractivity contribution in [3.8, 4) is 5.75 Å². The SMILES string of the molecule is Cc1ccc(OCC(=O)N2CC(C)N(CCCN(C)C)C(C)C2)cc1. The number of hydrogen-bond donors (Lipinski definition) is 0. The highest BCUT2D eigenvalue weighted by Gasteiger charge is 2.31. The van der Waals surface area contributed by atoms with E-state index in [9.17, 15) is 4.79 Å². The molecule has 1 aromatic carbocycles. The molecule has 1 saturated heterocycles. The summed E-state index contributed by atoms with van der Waals surface area (Å²) in [6.45, 7) is 10.3. The second-order valence-electron chi connectivity index (χ2n) is 7.49. The summed E-state index contributed by atoms with van der Waals surface area (Å²) in [5.41, 5.74) is 1.19. The third-order valence-electron chi connectivity index (χ3n) is 4.86. The lowest BCUT2D eigenvalue weighted by Gasteiger charge is -2.44. The van der Waals surface area contributed by atoms with Crippen LogP contribution in [-0.4, -0.2) is 79.6 Å². The quantitative estimate of drug-likeness (QED) is 0.758. The van der Waals surface area contributed by atoms with Crippen LogP contribution in [0.3, 0.4) is 0 Å². The first-order valence-electron chi connectivity index (χ1n) is 9.24. The van der Waals surface area contributed by atoms with Crippen molar-refractivity contribution in [1.29, 1.82) is 0 Å². The normalized spacial score (nSPS) is 21.6. The van der Waals surface area contributed by atoms with Gasteiger partial charge < -0.3 is 14.5 Å². The topological polar surface area (TPSA) is 36.0 Å². The van der Waals surface area contributed by atoms with E-state index >= 15 is 0 Å². The fourth-order valence-corrected chi connectivity index (χ4v) is 3.44. The fourth-order valence-electron chi connectivity index (χ4n) is 3.44. The first-order chi connectivity index (χ1) is 11.9. The molecule has 0 bridgehead atoms. The summed E-state index contributed by atoms with van der Waals surface area (Å²) in [7, 11) is 4.22. The van der Waals surface area contributed by atoms with E-state index in [1.807, 2.05) is 36.1 Å². The Labute approximate surface area is 152 Å². The Bertz CT molecular complexity index is 532. The molecule has 0 aromatic heterocycles. The number of carbonyl (C=O) groups excluding carboxylic acids is 1. The van der Waals surface area contributed by atoms with Crippen molar-refractivity contribution >= 4 is 5.91 Å². The molecule has 2 unspecified atom stereocenters. The van der Waals surface area contributed by atoms with Gasteiger partial charge in [0, 0.05) is 31.7 Å². The molecule has 5 heteroatoms. The summed E-state index contributed by atoms with van der Waals surface area (Å²) < 4.78 is 5.65. The van der Waals surface area contributed by atoms with Gasteiger partial charge in [0.25, 0.3) is 5.91 Å². The monoisotopic (exact) mass is 347 g/mol. The number of rotatable bonds is 7. The zero-order valence-corrected chi connectivity index (χ0v) is 16.4. The first-order valence-corrected chi connectivity index (χ1v) is 9.24. The molecule has 1 aromatic rings. The van der Waals surface area contributed by atoms with Gasteiger partial charge in [0.2, 0.25) is 0 Å². The number of benzene rings is 1. The smallest absolute Gasteiger partial charge is 0.260 e. The largest absolute Gasteiger partial charge is 0.484 e. The van der Waals surface area contributed by atoms with E-state index in [1.165, 1.54) is 5.56 Å². The van der Waals surface area contributed by atoms with Crippen molar-refractivity contribution in [3.63, 3.8) is 0 Å². The second-order valence-corrected chi connectivity index (χ2v) is 7.49. The molecule has 1 amide bonds. The van der Waals surface area contributed by atoms with Crippen LogP contribution in [0.2, 0.25) is 0 Å². The third kappa shape index (κ3) is 6.01. The van der Waals surface area contributed by atoms with Crippen molar-refractivity contribution in [2.75, 3.05) is 46.9 Å². The predicted molar refractivity (Wildman–Crippen MR) is 102 cm³/mol. The van der Waals surface area contributed by atoms with E-state index in [0.29, 0.717) is 12.1 Å². The van der Waals surface area contributed by atoms with Crippen molar-refractivity contribution < 1.29 is 9.53 Å². The maximum absolute atomic E-state index is 12.5. The fraction of sp³-hybridized carbons (Fsp3) is 0.650. The molecule has 0 N–H and O–H groups in total. The molecule has 0 radical (unpaired) electrons. The first kappa shape index (κ1) is 19.7. The van der Waals surface area contributed by atoms with E-state index in [0.717, 1.165) is 38.3 Å². The highest BCUT2D eigenvalue weighted by atomic mass is 16.5. The Kier molecular flexibility index (Phi) is 7.26. The average molecular weight is 348 g/mol. The molecule has 1 aliphatic heterocycles. The maximum Gasteiger partial charge on any atom is 0.260 e. The molecule has 1 aliphatic rings. The lowest BCUT2D eigenvalue weighted by atomic mass is 10.1. The van der Waals surface area contributed by atoms with Crippen molar-refractivity contribution in [1.82, 2.24) is 14.7 Å². The van der Waals surface area contributed by atoms with Crippen LogP contribution in [0.5, 0.6) is 5.75 Å². The minimum absolute atomic E-state index is 0.0761. The summed E-state index contributed by atoms with van der Waals surface area (Å²) in [5.74, 6) is 0.828. The van der Waals surface area contributed by atoms with E-state index in [4.69, 9.17) is 4.74 Å². The van der Waals surface area contributed by atoms with Gasteiger partial charge in [-0.2, -0.15) is 0 Å². The van der Waals surface area contributed by atoms with Gasteiger partial charge in [-0.25, -0.2) is 0 Å². The summed E-state index contributed by atoms with van der Waals surface area (Å²) in [4.78, 5) is 19.2.